The Kier molecular flexibility index (Phi) is 6.40. The molecule has 0 aliphatic heterocycles. The molecule has 11 heteroatoms. The first-order valence-corrected chi connectivity index (χ1v) is 12.2. The maximum atomic E-state index is 12.8. The van der Waals surface area contributed by atoms with Gasteiger partial charge in [-0.25, -0.2) is 0 Å². The minimum atomic E-state index is -5.82. The van der Waals surface area contributed by atoms with Gasteiger partial charge in [-0.05, 0) is 0 Å². The van der Waals surface area contributed by atoms with Crippen molar-refractivity contribution in [2.75, 3.05) is 0 Å². The van der Waals surface area contributed by atoms with E-state index in [1.165, 1.54) is 12.1 Å². The van der Waals surface area contributed by atoms with Gasteiger partial charge in [0, 0.05) is 0 Å². The monoisotopic (exact) mass is 531 g/mol. The van der Waals surface area contributed by atoms with Crippen molar-refractivity contribution in [1.82, 2.24) is 0 Å². The summed E-state index contributed by atoms with van der Waals surface area (Å²) in [6, 6.07) is 11.2. The van der Waals surface area contributed by atoms with Gasteiger partial charge in [-0.2, -0.15) is 0 Å². The van der Waals surface area contributed by atoms with Gasteiger partial charge in [-0.3, -0.25) is 0 Å². The molecule has 0 N–H and O–H groups in total. The van der Waals surface area contributed by atoms with Crippen molar-refractivity contribution < 1.29 is 29.0 Å². The van der Waals surface area contributed by atoms with Crippen molar-refractivity contribution in [1.29, 1.82) is 0 Å². The molecule has 0 atom stereocenters. The van der Waals surface area contributed by atoms with Crippen molar-refractivity contribution >= 4 is 36.0 Å². The van der Waals surface area contributed by atoms with E-state index in [0.29, 0.717) is 3.57 Å². The number of non-ortho nitro benzene ring substituents is 1. The molecule has 0 bridgehead atoms. The quantitative estimate of drug-likeness (QED) is 0.229. The molecule has 0 spiro atoms. The number of hydrogen-bond donors (Lipinski definition) is 0. The van der Waals surface area contributed by atoms with E-state index < -0.39 is 40.8 Å². The molecule has 0 unspecified atom stereocenters. The zero-order valence-corrected chi connectivity index (χ0v) is 18.0. The van der Waals surface area contributed by atoms with Gasteiger partial charge in [0.1, 0.15) is 0 Å². The van der Waals surface area contributed by atoms with Gasteiger partial charge >= 0.3 is 168 Å². The molecule has 0 fully saturated rings. The van der Waals surface area contributed by atoms with Crippen LogP contribution in [0.2, 0.25) is 0 Å². The van der Waals surface area contributed by atoms with Crippen LogP contribution in [0.25, 0.3) is 0 Å². The standard InChI is InChI=1S/C17H17F3INO5S/c1-16(2,3)12-4-6-13(7-5-12)21(27-28(25,26)17(18,19)20)14-8-10-15(11-9-14)22(23)24/h4-11H,1-3H3. The Morgan fingerprint density at radius 3 is 1.71 bits per heavy atom. The van der Waals surface area contributed by atoms with Crippen LogP contribution in [0.3, 0.4) is 0 Å². The van der Waals surface area contributed by atoms with E-state index in [4.69, 9.17) is 0 Å². The number of hydrogen-bond acceptors (Lipinski definition) is 5. The van der Waals surface area contributed by atoms with Gasteiger partial charge in [-0.15, -0.1) is 0 Å². The molecular formula is C17H17F3INO5S. The van der Waals surface area contributed by atoms with Crippen molar-refractivity contribution in [3.63, 3.8) is 0 Å². The predicted molar refractivity (Wildman–Crippen MR) is 106 cm³/mol. The Balaban J connectivity index is 2.51. The maximum absolute atomic E-state index is 12.8. The van der Waals surface area contributed by atoms with E-state index in [2.05, 4.69) is 2.51 Å². The summed E-state index contributed by atoms with van der Waals surface area (Å²) in [6.45, 7) is 5.87. The first-order valence-electron chi connectivity index (χ1n) is 7.78. The molecular weight excluding hydrogens is 514 g/mol. The molecule has 28 heavy (non-hydrogen) atoms. The predicted octanol–water partition coefficient (Wildman–Crippen LogP) is 5.22. The van der Waals surface area contributed by atoms with Gasteiger partial charge in [0.25, 0.3) is 0 Å². The fourth-order valence-corrected chi connectivity index (χ4v) is 8.46. The summed E-state index contributed by atoms with van der Waals surface area (Å²) >= 11 is -3.55. The molecule has 0 aliphatic rings. The van der Waals surface area contributed by atoms with Crippen LogP contribution in [0.5, 0.6) is 0 Å². The Morgan fingerprint density at radius 2 is 1.36 bits per heavy atom. The van der Waals surface area contributed by atoms with Crippen LogP contribution in [0, 0.1) is 17.3 Å². The second-order valence-electron chi connectivity index (χ2n) is 6.70. The normalized spacial score (nSPS) is 13.3. The van der Waals surface area contributed by atoms with Crippen molar-refractivity contribution in [3.8, 4) is 0 Å². The average molecular weight is 531 g/mol. The fourth-order valence-electron chi connectivity index (χ4n) is 2.06. The summed E-state index contributed by atoms with van der Waals surface area (Å²) in [5, 5.41) is 10.8. The van der Waals surface area contributed by atoms with Crippen molar-refractivity contribution in [2.24, 2.45) is 0 Å². The first kappa shape index (κ1) is 22.6. The summed E-state index contributed by atoms with van der Waals surface area (Å²) in [5.74, 6) is 0. The SMILES string of the molecule is CC(C)(C)c1ccc(I(OS(=O)(=O)C(F)(F)F)c2ccc([N+](=O)[O-])cc2)cc1. The number of nitro benzene ring substituents is 1. The molecule has 0 radical (unpaired) electrons. The van der Waals surface area contributed by atoms with E-state index in [1.807, 2.05) is 20.8 Å². The number of benzene rings is 2. The number of nitrogens with zero attached hydrogens (tertiary/aromatic N) is 1. The van der Waals surface area contributed by atoms with Crippen LogP contribution in [0.15, 0.2) is 48.5 Å². The van der Waals surface area contributed by atoms with E-state index >= 15 is 0 Å². The molecule has 154 valence electrons. The number of nitro groups is 1. The topological polar surface area (TPSA) is 86.5 Å². The van der Waals surface area contributed by atoms with Gasteiger partial charge in [0.2, 0.25) is 0 Å². The minimum absolute atomic E-state index is 0.186. The molecule has 2 aromatic carbocycles. The second kappa shape index (κ2) is 7.95. The molecule has 0 heterocycles. The summed E-state index contributed by atoms with van der Waals surface area (Å²) < 4.78 is 66.8. The van der Waals surface area contributed by atoms with E-state index in [-0.39, 0.29) is 14.7 Å². The summed E-state index contributed by atoms with van der Waals surface area (Å²) in [4.78, 5) is 10.1. The van der Waals surface area contributed by atoms with Gasteiger partial charge < -0.3 is 0 Å². The summed E-state index contributed by atoms with van der Waals surface area (Å²) in [6.07, 6.45) is 0. The van der Waals surface area contributed by atoms with Crippen LogP contribution < -0.4 is 0 Å². The van der Waals surface area contributed by atoms with Crippen LogP contribution in [0.4, 0.5) is 18.9 Å². The molecule has 0 aromatic heterocycles. The molecule has 0 saturated carbocycles. The third-order valence-electron chi connectivity index (χ3n) is 3.57. The van der Waals surface area contributed by atoms with Crippen molar-refractivity contribution in [3.05, 3.63) is 71.3 Å². The summed E-state index contributed by atoms with van der Waals surface area (Å²) in [5.41, 5.74) is -5.12. The number of rotatable bonds is 5. The molecule has 0 amide bonds. The Labute approximate surface area is 167 Å². The number of halogens is 4. The molecule has 2 rings (SSSR count). The third kappa shape index (κ3) is 5.20. The van der Waals surface area contributed by atoms with Gasteiger partial charge in [0.15, 0.2) is 0 Å². The van der Waals surface area contributed by atoms with E-state index in [0.717, 1.165) is 17.7 Å². The zero-order valence-electron chi connectivity index (χ0n) is 15.0. The molecule has 0 saturated heterocycles. The Bertz CT molecular complexity index is 952. The average Bonchev–Trinajstić information content (AvgIpc) is 2.58. The first-order chi connectivity index (χ1) is 12.7. The van der Waals surface area contributed by atoms with E-state index in [1.54, 1.807) is 24.3 Å². The van der Waals surface area contributed by atoms with Gasteiger partial charge in [-0.1, -0.05) is 0 Å². The second-order valence-corrected chi connectivity index (χ2v) is 13.2. The molecule has 6 nitrogen and oxygen atoms in total. The van der Waals surface area contributed by atoms with Crippen molar-refractivity contribution in [2.45, 2.75) is 31.7 Å². The fraction of sp³-hybridized carbons (Fsp3) is 0.294. The van der Waals surface area contributed by atoms with Crippen LogP contribution in [-0.2, 0) is 18.0 Å². The Morgan fingerprint density at radius 1 is 0.929 bits per heavy atom. The van der Waals surface area contributed by atoms with Crippen LogP contribution in [-0.4, -0.2) is 18.8 Å². The van der Waals surface area contributed by atoms with Crippen LogP contribution >= 0.6 is 20.2 Å². The Hall–Kier alpha value is -1.73. The van der Waals surface area contributed by atoms with E-state index in [9.17, 15) is 31.7 Å². The molecule has 2 aromatic rings. The number of alkyl halides is 3. The van der Waals surface area contributed by atoms with Crippen LogP contribution in [0.1, 0.15) is 26.3 Å². The summed E-state index contributed by atoms with van der Waals surface area (Å²) in [7, 11) is -5.82. The van der Waals surface area contributed by atoms with Gasteiger partial charge in [0.05, 0.1) is 0 Å². The zero-order chi connectivity index (χ0) is 21.3. The third-order valence-corrected chi connectivity index (χ3v) is 10.6. The molecule has 0 aliphatic carbocycles.